The molecule has 1 aromatic rings. The molecule has 2 unspecified atom stereocenters. The van der Waals surface area contributed by atoms with E-state index in [1.165, 1.54) is 31.4 Å². The predicted molar refractivity (Wildman–Crippen MR) is 76.0 cm³/mol. The molecule has 3 rings (SSSR count). The van der Waals surface area contributed by atoms with Gasteiger partial charge in [0.15, 0.2) is 0 Å². The third-order valence-corrected chi connectivity index (χ3v) is 4.94. The van der Waals surface area contributed by atoms with Crippen molar-refractivity contribution in [3.63, 3.8) is 0 Å². The lowest BCUT2D eigenvalue weighted by Crippen LogP contribution is -2.38. The molecule has 2 fully saturated rings. The lowest BCUT2D eigenvalue weighted by molar-refractivity contribution is -0.0210. The van der Waals surface area contributed by atoms with Crippen LogP contribution in [0.5, 0.6) is 0 Å². The molecule has 1 heterocycles. The molecule has 0 amide bonds. The molecule has 106 valence electrons. The van der Waals surface area contributed by atoms with Crippen LogP contribution in [0.25, 0.3) is 0 Å². The Labute approximate surface area is 116 Å². The summed E-state index contributed by atoms with van der Waals surface area (Å²) in [6.45, 7) is 5.05. The van der Waals surface area contributed by atoms with Crippen LogP contribution in [0.4, 0.5) is 0 Å². The molecule has 2 aliphatic carbocycles. The third kappa shape index (κ3) is 2.86. The number of rotatable bonds is 4. The van der Waals surface area contributed by atoms with Crippen molar-refractivity contribution in [1.29, 1.82) is 0 Å². The van der Waals surface area contributed by atoms with Crippen LogP contribution in [0.2, 0.25) is 0 Å². The summed E-state index contributed by atoms with van der Waals surface area (Å²) in [6, 6.07) is 2.14. The first-order valence-corrected chi connectivity index (χ1v) is 7.85. The Morgan fingerprint density at radius 2 is 2.16 bits per heavy atom. The first kappa shape index (κ1) is 13.2. The molecular formula is C16H26N2O. The Kier molecular flexibility index (Phi) is 3.42. The second kappa shape index (κ2) is 4.93. The SMILES string of the molecule is CCn1nc(C)cc1CC1(O)CCCC(C2CC2)C1. The summed E-state index contributed by atoms with van der Waals surface area (Å²) in [6.07, 6.45) is 8.07. The van der Waals surface area contributed by atoms with Gasteiger partial charge in [-0.2, -0.15) is 5.10 Å². The van der Waals surface area contributed by atoms with Crippen LogP contribution in [-0.2, 0) is 13.0 Å². The van der Waals surface area contributed by atoms with Crippen LogP contribution in [0, 0.1) is 18.8 Å². The summed E-state index contributed by atoms with van der Waals surface area (Å²) in [7, 11) is 0. The van der Waals surface area contributed by atoms with Crippen molar-refractivity contribution < 1.29 is 5.11 Å². The Balaban J connectivity index is 1.72. The van der Waals surface area contributed by atoms with E-state index in [0.29, 0.717) is 0 Å². The first-order valence-electron chi connectivity index (χ1n) is 7.85. The van der Waals surface area contributed by atoms with E-state index in [2.05, 4.69) is 18.1 Å². The molecule has 0 radical (unpaired) electrons. The summed E-state index contributed by atoms with van der Waals surface area (Å²) in [5.41, 5.74) is 1.79. The average Bonchev–Trinajstić information content (AvgIpc) is 3.14. The van der Waals surface area contributed by atoms with Gasteiger partial charge >= 0.3 is 0 Å². The molecule has 19 heavy (non-hydrogen) atoms. The first-order chi connectivity index (χ1) is 9.09. The summed E-state index contributed by atoms with van der Waals surface area (Å²) < 4.78 is 2.05. The quantitative estimate of drug-likeness (QED) is 0.905. The fourth-order valence-corrected chi connectivity index (χ4v) is 3.87. The predicted octanol–water partition coefficient (Wildman–Crippen LogP) is 3.09. The van der Waals surface area contributed by atoms with Crippen molar-refractivity contribution in [2.24, 2.45) is 11.8 Å². The zero-order valence-corrected chi connectivity index (χ0v) is 12.2. The number of aryl methyl sites for hydroxylation is 2. The van der Waals surface area contributed by atoms with E-state index in [4.69, 9.17) is 0 Å². The van der Waals surface area contributed by atoms with Gasteiger partial charge < -0.3 is 5.11 Å². The molecular weight excluding hydrogens is 236 g/mol. The van der Waals surface area contributed by atoms with Crippen LogP contribution in [0.3, 0.4) is 0 Å². The van der Waals surface area contributed by atoms with Gasteiger partial charge in [0.2, 0.25) is 0 Å². The van der Waals surface area contributed by atoms with Crippen LogP contribution < -0.4 is 0 Å². The monoisotopic (exact) mass is 262 g/mol. The summed E-state index contributed by atoms with van der Waals surface area (Å²) in [5.74, 6) is 1.70. The molecule has 0 saturated heterocycles. The summed E-state index contributed by atoms with van der Waals surface area (Å²) >= 11 is 0. The van der Waals surface area contributed by atoms with Crippen molar-refractivity contribution in [3.8, 4) is 0 Å². The second-order valence-corrected chi connectivity index (χ2v) is 6.69. The van der Waals surface area contributed by atoms with Gasteiger partial charge in [-0.1, -0.05) is 6.42 Å². The minimum absolute atomic E-state index is 0.481. The molecule has 1 N–H and O–H groups in total. The van der Waals surface area contributed by atoms with E-state index in [1.807, 2.05) is 11.6 Å². The fraction of sp³-hybridized carbons (Fsp3) is 0.812. The Morgan fingerprint density at radius 1 is 1.37 bits per heavy atom. The zero-order chi connectivity index (χ0) is 13.5. The number of aliphatic hydroxyl groups is 1. The van der Waals surface area contributed by atoms with Gasteiger partial charge in [0.05, 0.1) is 11.3 Å². The lowest BCUT2D eigenvalue weighted by Gasteiger charge is -2.37. The molecule has 1 aromatic heterocycles. The highest BCUT2D eigenvalue weighted by Crippen LogP contribution is 2.47. The van der Waals surface area contributed by atoms with E-state index in [9.17, 15) is 5.11 Å². The minimum Gasteiger partial charge on any atom is -0.389 e. The van der Waals surface area contributed by atoms with E-state index < -0.39 is 5.60 Å². The molecule has 0 bridgehead atoms. The van der Waals surface area contributed by atoms with Gasteiger partial charge in [0, 0.05) is 18.7 Å². The Hall–Kier alpha value is -0.830. The van der Waals surface area contributed by atoms with Gasteiger partial charge in [-0.15, -0.1) is 0 Å². The molecule has 3 nitrogen and oxygen atoms in total. The maximum Gasteiger partial charge on any atom is 0.0705 e. The average molecular weight is 262 g/mol. The van der Waals surface area contributed by atoms with E-state index in [1.54, 1.807) is 0 Å². The molecule has 3 heteroatoms. The number of aromatic nitrogens is 2. The van der Waals surface area contributed by atoms with Crippen molar-refractivity contribution in [2.75, 3.05) is 0 Å². The molecule has 2 atom stereocenters. The van der Waals surface area contributed by atoms with Crippen molar-refractivity contribution >= 4 is 0 Å². The fourth-order valence-electron chi connectivity index (χ4n) is 3.87. The maximum absolute atomic E-state index is 11.0. The van der Waals surface area contributed by atoms with E-state index in [0.717, 1.165) is 43.3 Å². The van der Waals surface area contributed by atoms with Gasteiger partial charge in [0.1, 0.15) is 0 Å². The molecule has 0 aromatic carbocycles. The summed E-state index contributed by atoms with van der Waals surface area (Å²) in [4.78, 5) is 0. The van der Waals surface area contributed by atoms with Crippen LogP contribution in [-0.4, -0.2) is 20.5 Å². The van der Waals surface area contributed by atoms with Crippen molar-refractivity contribution in [3.05, 3.63) is 17.5 Å². The lowest BCUT2D eigenvalue weighted by atomic mass is 9.74. The van der Waals surface area contributed by atoms with Crippen LogP contribution in [0.1, 0.15) is 56.8 Å². The topological polar surface area (TPSA) is 38.0 Å². The van der Waals surface area contributed by atoms with E-state index in [-0.39, 0.29) is 0 Å². The number of hydrogen-bond donors (Lipinski definition) is 1. The molecule has 2 aliphatic rings. The highest BCUT2D eigenvalue weighted by atomic mass is 16.3. The highest BCUT2D eigenvalue weighted by Gasteiger charge is 2.41. The molecule has 0 spiro atoms. The standard InChI is InChI=1S/C16H26N2O/c1-3-18-15(9-12(2)17-18)11-16(19)8-4-5-14(10-16)13-6-7-13/h9,13-14,19H,3-8,10-11H2,1-2H3. The third-order valence-electron chi connectivity index (χ3n) is 4.94. The Morgan fingerprint density at radius 3 is 2.84 bits per heavy atom. The highest BCUT2D eigenvalue weighted by molar-refractivity contribution is 5.12. The number of hydrogen-bond acceptors (Lipinski definition) is 2. The minimum atomic E-state index is -0.481. The van der Waals surface area contributed by atoms with Crippen molar-refractivity contribution in [2.45, 2.75) is 70.9 Å². The smallest absolute Gasteiger partial charge is 0.0705 e. The second-order valence-electron chi connectivity index (χ2n) is 6.69. The van der Waals surface area contributed by atoms with Gasteiger partial charge in [-0.05, 0) is 63.9 Å². The van der Waals surface area contributed by atoms with Gasteiger partial charge in [-0.25, -0.2) is 0 Å². The molecule has 2 saturated carbocycles. The summed E-state index contributed by atoms with van der Waals surface area (Å²) in [5, 5.41) is 15.5. The zero-order valence-electron chi connectivity index (χ0n) is 12.2. The Bertz CT molecular complexity index is 450. The number of nitrogens with zero attached hydrogens (tertiary/aromatic N) is 2. The van der Waals surface area contributed by atoms with Crippen LogP contribution >= 0.6 is 0 Å². The molecule has 0 aliphatic heterocycles. The van der Waals surface area contributed by atoms with Crippen molar-refractivity contribution in [1.82, 2.24) is 9.78 Å². The largest absolute Gasteiger partial charge is 0.389 e. The van der Waals surface area contributed by atoms with E-state index >= 15 is 0 Å². The maximum atomic E-state index is 11.0. The van der Waals surface area contributed by atoms with Gasteiger partial charge in [-0.3, -0.25) is 4.68 Å². The van der Waals surface area contributed by atoms with Crippen LogP contribution in [0.15, 0.2) is 6.07 Å². The van der Waals surface area contributed by atoms with Gasteiger partial charge in [0.25, 0.3) is 0 Å². The normalized spacial score (nSPS) is 31.6.